The van der Waals surface area contributed by atoms with Gasteiger partial charge in [0, 0.05) is 32.7 Å². The molecular weight excluding hydrogens is 1180 g/mol. The molecule has 0 aliphatic rings. The number of ether oxygens (including phenoxy) is 6. The molecule has 0 fully saturated rings. The first-order valence-electron chi connectivity index (χ1n) is 34.1. The fourth-order valence-electron chi connectivity index (χ4n) is 7.47. The molecule has 0 radical (unpaired) electrons. The summed E-state index contributed by atoms with van der Waals surface area (Å²) in [6.45, 7) is 53.4. The van der Waals surface area contributed by atoms with Gasteiger partial charge in [0.25, 0.3) is 0 Å². The lowest BCUT2D eigenvalue weighted by Crippen LogP contribution is -2.55. The van der Waals surface area contributed by atoms with Crippen molar-refractivity contribution in [1.82, 2.24) is 57.3 Å². The second kappa shape index (κ2) is 45.4. The highest BCUT2D eigenvalue weighted by molar-refractivity contribution is 5.10. The molecule has 0 aliphatic carbocycles. The van der Waals surface area contributed by atoms with E-state index in [0.29, 0.717) is 102 Å². The van der Waals surface area contributed by atoms with Crippen molar-refractivity contribution in [2.24, 2.45) is 59.2 Å². The number of aromatic nitrogens is 12. The summed E-state index contributed by atoms with van der Waals surface area (Å²) in [6, 6.07) is 1.45. The smallest absolute Gasteiger partial charge is 0.336 e. The van der Waals surface area contributed by atoms with Gasteiger partial charge in [0.15, 0.2) is 0 Å². The normalized spacial score (nSPS) is 14.3. The number of rotatable bonds is 40. The molecule has 24 nitrogen and oxygen atoms in total. The molecule has 4 aromatic rings. The highest BCUT2D eigenvalue weighted by Crippen LogP contribution is 2.20. The van der Waals surface area contributed by atoms with Crippen molar-refractivity contribution < 1.29 is 28.4 Å². The fourth-order valence-corrected chi connectivity index (χ4v) is 7.47. The maximum absolute atomic E-state index is 12.7. The molecule has 0 aliphatic heterocycles. The minimum Gasteiger partial charge on any atom is -0.463 e. The number of allylic oxidation sites excluding steroid dienone is 1. The van der Waals surface area contributed by atoms with E-state index in [1.807, 2.05) is 69.2 Å². The molecule has 0 N–H and O–H groups in total. The van der Waals surface area contributed by atoms with E-state index in [4.69, 9.17) is 28.4 Å². The Kier molecular flexibility index (Phi) is 41.0. The first-order valence-corrected chi connectivity index (χ1v) is 34.1. The van der Waals surface area contributed by atoms with Gasteiger partial charge in [-0.1, -0.05) is 221 Å². The molecule has 0 saturated carbocycles. The van der Waals surface area contributed by atoms with Crippen molar-refractivity contribution in [1.29, 1.82) is 0 Å². The van der Waals surface area contributed by atoms with Crippen LogP contribution in [0.2, 0.25) is 0 Å². The lowest BCUT2D eigenvalue weighted by Gasteiger charge is -2.19. The standard InChI is InChI=1S/2C18H33N3O3.2C16H27N3O3/c1-7-13(4)10-22-16-19-17(23-11-14(5)8-2)21-18(20-16)24-12-15(6)9-3;1-7-13(4)10-19-16(22)20(11-14(5)8-2)18(24)21(17(19)23)12-15(6)9-3;1-6-9-20-14-17-15(21-10-12(4)7-2)19-16(18-14)22-11-13(5)8-3;1-6-9-17-14(20)18(10-12(4)7-2)16(22)19(15(17)21)11-13(5)8-3/h2*13-15H,7-12H2,1-6H3;2*6,12-13H,1,7-11H2,2-5H3. The Bertz CT molecular complexity index is 2830. The van der Waals surface area contributed by atoms with Gasteiger partial charge < -0.3 is 28.4 Å². The van der Waals surface area contributed by atoms with Crippen LogP contribution in [0.3, 0.4) is 0 Å². The molecule has 0 aromatic carbocycles. The summed E-state index contributed by atoms with van der Waals surface area (Å²) in [5.41, 5.74) is -3.00. The molecule has 0 amide bonds. The van der Waals surface area contributed by atoms with Crippen molar-refractivity contribution in [3.05, 3.63) is 88.2 Å². The Labute approximate surface area is 548 Å². The average molecular weight is 1300 g/mol. The summed E-state index contributed by atoms with van der Waals surface area (Å²) in [7, 11) is 0. The fraction of sp³-hybridized carbons (Fsp3) is 0.765. The summed E-state index contributed by atoms with van der Waals surface area (Å²) < 4.78 is 40.8. The molecule has 92 heavy (non-hydrogen) atoms. The van der Waals surface area contributed by atoms with Gasteiger partial charge in [-0.05, 0) is 59.2 Å². The SMILES string of the molecule is C=CCOc1nc(OCC(C)CC)nc(OCC(C)CC)n1.C=CCn1c(=O)n(CC(C)CC)c(=O)n(CC(C)CC)c1=O.CCC(C)COc1nc(OCC(C)CC)nc(OCC(C)CC)n1.CCC(C)Cn1c(=O)n(CC(C)CC)c(=O)n(CC(C)CC)c1=O. The van der Waals surface area contributed by atoms with Gasteiger partial charge in [0.1, 0.15) is 6.61 Å². The van der Waals surface area contributed by atoms with E-state index in [1.165, 1.54) is 28.9 Å². The summed E-state index contributed by atoms with van der Waals surface area (Å²) in [5, 5.41) is 0. The van der Waals surface area contributed by atoms with Crippen molar-refractivity contribution >= 4 is 0 Å². The highest BCUT2D eigenvalue weighted by atomic mass is 16.5. The van der Waals surface area contributed by atoms with Crippen LogP contribution in [0.5, 0.6) is 36.1 Å². The molecule has 10 atom stereocenters. The maximum atomic E-state index is 12.7. The molecule has 4 heterocycles. The monoisotopic (exact) mass is 1300 g/mol. The van der Waals surface area contributed by atoms with Gasteiger partial charge in [-0.15, -0.1) is 36.5 Å². The molecule has 4 aromatic heterocycles. The van der Waals surface area contributed by atoms with Crippen molar-refractivity contribution in [2.45, 2.75) is 242 Å². The summed E-state index contributed by atoms with van der Waals surface area (Å²) >= 11 is 0. The van der Waals surface area contributed by atoms with E-state index < -0.39 is 34.1 Å². The first-order chi connectivity index (χ1) is 43.7. The van der Waals surface area contributed by atoms with Crippen LogP contribution >= 0.6 is 0 Å². The third-order valence-electron chi connectivity index (χ3n) is 16.5. The molecule has 4 rings (SSSR count). The van der Waals surface area contributed by atoms with Crippen molar-refractivity contribution in [3.8, 4) is 36.1 Å². The van der Waals surface area contributed by atoms with Crippen LogP contribution in [-0.4, -0.2) is 96.9 Å². The van der Waals surface area contributed by atoms with Gasteiger partial charge in [-0.3, -0.25) is 0 Å². The second-order valence-electron chi connectivity index (χ2n) is 25.3. The lowest BCUT2D eigenvalue weighted by molar-refractivity contribution is 0.193. The van der Waals surface area contributed by atoms with Crippen LogP contribution in [-0.2, 0) is 39.3 Å². The predicted octanol–water partition coefficient (Wildman–Crippen LogP) is 11.2. The number of hydrogen-bond acceptors (Lipinski definition) is 18. The molecule has 0 spiro atoms. The summed E-state index contributed by atoms with van der Waals surface area (Å²) in [6.07, 6.45) is 12.7. The zero-order valence-electron chi connectivity index (χ0n) is 60.2. The molecule has 524 valence electrons. The molecule has 24 heteroatoms. The Morgan fingerprint density at radius 2 is 0.457 bits per heavy atom. The van der Waals surface area contributed by atoms with Crippen LogP contribution in [0.15, 0.2) is 54.1 Å². The van der Waals surface area contributed by atoms with Gasteiger partial charge in [0.05, 0.1) is 39.6 Å². The van der Waals surface area contributed by atoms with E-state index in [2.05, 4.69) is 112 Å². The minimum absolute atomic E-state index is 0.110. The zero-order valence-corrected chi connectivity index (χ0v) is 60.2. The minimum atomic E-state index is -0.546. The first kappa shape index (κ1) is 83.1. The van der Waals surface area contributed by atoms with Gasteiger partial charge >= 0.3 is 70.2 Å². The topological polar surface area (TPSA) is 265 Å². The quantitative estimate of drug-likeness (QED) is 0.0375. The molecular formula is C68H120N12O12. The average Bonchev–Trinajstić information content (AvgIpc) is 0.799. The van der Waals surface area contributed by atoms with Crippen molar-refractivity contribution in [2.75, 3.05) is 39.6 Å². The van der Waals surface area contributed by atoms with Crippen LogP contribution in [0.1, 0.15) is 203 Å². The highest BCUT2D eigenvalue weighted by Gasteiger charge is 2.21. The zero-order chi connectivity index (χ0) is 69.6. The Balaban J connectivity index is 0.000000614. The van der Waals surface area contributed by atoms with Crippen LogP contribution in [0, 0.1) is 59.2 Å². The maximum Gasteiger partial charge on any atom is 0.336 e. The van der Waals surface area contributed by atoms with Crippen molar-refractivity contribution in [3.63, 3.8) is 0 Å². The Morgan fingerprint density at radius 1 is 0.283 bits per heavy atom. The van der Waals surface area contributed by atoms with Gasteiger partial charge in [0.2, 0.25) is 0 Å². The second-order valence-corrected chi connectivity index (χ2v) is 25.3. The van der Waals surface area contributed by atoms with E-state index in [0.717, 1.165) is 68.8 Å². The number of hydrogen-bond donors (Lipinski definition) is 0. The lowest BCUT2D eigenvalue weighted by atomic mass is 10.1. The Hall–Kier alpha value is -6.88. The van der Waals surface area contributed by atoms with E-state index in [-0.39, 0.29) is 72.2 Å². The van der Waals surface area contributed by atoms with Crippen LogP contribution in [0.25, 0.3) is 0 Å². The predicted molar refractivity (Wildman–Crippen MR) is 366 cm³/mol. The largest absolute Gasteiger partial charge is 0.463 e. The molecule has 0 saturated heterocycles. The van der Waals surface area contributed by atoms with Crippen LogP contribution < -0.4 is 62.6 Å². The number of nitrogens with zero attached hydrogens (tertiary/aromatic N) is 12. The Morgan fingerprint density at radius 3 is 0.620 bits per heavy atom. The summed E-state index contributed by atoms with van der Waals surface area (Å²) in [5.74, 6) is 3.19. The van der Waals surface area contributed by atoms with E-state index >= 15 is 0 Å². The molecule has 10 unspecified atom stereocenters. The molecule has 0 bridgehead atoms. The third-order valence-corrected chi connectivity index (χ3v) is 16.5. The van der Waals surface area contributed by atoms with E-state index in [9.17, 15) is 28.8 Å². The van der Waals surface area contributed by atoms with Gasteiger partial charge in [-0.25, -0.2) is 56.2 Å². The summed E-state index contributed by atoms with van der Waals surface area (Å²) in [4.78, 5) is 101. The van der Waals surface area contributed by atoms with Crippen LogP contribution in [0.4, 0.5) is 0 Å². The van der Waals surface area contributed by atoms with E-state index in [1.54, 1.807) is 6.08 Å². The van der Waals surface area contributed by atoms with Gasteiger partial charge in [-0.2, -0.15) is 0 Å². The third kappa shape index (κ3) is 29.8.